The molecule has 0 aliphatic rings. The molecule has 0 bridgehead atoms. The lowest BCUT2D eigenvalue weighted by Gasteiger charge is -2.11. The van der Waals surface area contributed by atoms with Crippen molar-refractivity contribution in [1.82, 2.24) is 9.97 Å². The molecule has 3 rings (SSSR count). The second-order valence-corrected chi connectivity index (χ2v) is 6.00. The predicted molar refractivity (Wildman–Crippen MR) is 103 cm³/mol. The number of aromatic nitrogens is 2. The maximum Gasteiger partial charge on any atom is 0.337 e. The van der Waals surface area contributed by atoms with Crippen molar-refractivity contribution in [3.63, 3.8) is 0 Å². The average Bonchev–Trinajstić information content (AvgIpc) is 2.64. The fourth-order valence-corrected chi connectivity index (χ4v) is 2.58. The van der Waals surface area contributed by atoms with Crippen LogP contribution in [0.5, 0.6) is 0 Å². The van der Waals surface area contributed by atoms with Crippen molar-refractivity contribution in [2.75, 3.05) is 17.7 Å². The Morgan fingerprint density at radius 2 is 1.69 bits per heavy atom. The second kappa shape index (κ2) is 7.84. The summed E-state index contributed by atoms with van der Waals surface area (Å²) >= 11 is 5.98. The molecule has 1 aromatic heterocycles. The Labute approximate surface area is 156 Å². The van der Waals surface area contributed by atoms with E-state index in [9.17, 15) is 4.79 Å². The molecule has 0 atom stereocenters. The van der Waals surface area contributed by atoms with Crippen LogP contribution in [0.3, 0.4) is 0 Å². The number of hydrogen-bond donors (Lipinski definition) is 2. The van der Waals surface area contributed by atoms with Gasteiger partial charge in [0.15, 0.2) is 0 Å². The molecule has 0 aliphatic heterocycles. The molecule has 0 radical (unpaired) electrons. The number of nitrogens with one attached hydrogen (secondary N) is 2. The number of aryl methyl sites for hydroxylation is 1. The standard InChI is InChI=1S/C19H17ClN4O2/c1-12-9-14(20)5-8-16(12)24-18-10-17(21-11-22-18)23-15-6-3-13(4-7-15)19(25)26-2/h3-11H,1-2H3,(H2,21,22,23,24). The monoisotopic (exact) mass is 368 g/mol. The molecule has 3 aromatic rings. The topological polar surface area (TPSA) is 76.1 Å². The molecule has 7 heteroatoms. The van der Waals surface area contributed by atoms with Gasteiger partial charge in [-0.1, -0.05) is 11.6 Å². The normalized spacial score (nSPS) is 10.3. The molecule has 2 aromatic carbocycles. The van der Waals surface area contributed by atoms with Crippen LogP contribution in [0.15, 0.2) is 54.9 Å². The number of benzene rings is 2. The van der Waals surface area contributed by atoms with Crippen molar-refractivity contribution in [2.45, 2.75) is 6.92 Å². The quantitative estimate of drug-likeness (QED) is 0.635. The van der Waals surface area contributed by atoms with Gasteiger partial charge in [0, 0.05) is 22.5 Å². The van der Waals surface area contributed by atoms with Crippen LogP contribution in [-0.2, 0) is 4.74 Å². The molecule has 2 N–H and O–H groups in total. The lowest BCUT2D eigenvalue weighted by atomic mass is 10.2. The van der Waals surface area contributed by atoms with Crippen LogP contribution in [0.25, 0.3) is 0 Å². The van der Waals surface area contributed by atoms with Crippen LogP contribution >= 0.6 is 11.6 Å². The summed E-state index contributed by atoms with van der Waals surface area (Å²) in [5.41, 5.74) is 3.22. The number of carbonyl (C=O) groups excluding carboxylic acids is 1. The molecule has 0 saturated carbocycles. The van der Waals surface area contributed by atoms with E-state index in [0.29, 0.717) is 22.2 Å². The lowest BCUT2D eigenvalue weighted by Crippen LogP contribution is -2.02. The predicted octanol–water partition coefficient (Wildman–Crippen LogP) is 4.71. The minimum atomic E-state index is -0.372. The summed E-state index contributed by atoms with van der Waals surface area (Å²) in [6.07, 6.45) is 1.47. The molecule has 1 heterocycles. The molecule has 0 amide bonds. The summed E-state index contributed by atoms with van der Waals surface area (Å²) in [6, 6.07) is 14.3. The van der Waals surface area contributed by atoms with Gasteiger partial charge in [-0.05, 0) is 55.0 Å². The number of anilines is 4. The van der Waals surface area contributed by atoms with Gasteiger partial charge in [0.1, 0.15) is 18.0 Å². The van der Waals surface area contributed by atoms with E-state index in [-0.39, 0.29) is 5.97 Å². The summed E-state index contributed by atoms with van der Waals surface area (Å²) in [7, 11) is 1.35. The minimum Gasteiger partial charge on any atom is -0.465 e. The van der Waals surface area contributed by atoms with Gasteiger partial charge in [-0.25, -0.2) is 14.8 Å². The zero-order valence-electron chi connectivity index (χ0n) is 14.3. The number of halogens is 1. The summed E-state index contributed by atoms with van der Waals surface area (Å²) in [4.78, 5) is 19.9. The average molecular weight is 369 g/mol. The van der Waals surface area contributed by atoms with Gasteiger partial charge in [0.2, 0.25) is 0 Å². The van der Waals surface area contributed by atoms with Crippen molar-refractivity contribution in [1.29, 1.82) is 0 Å². The van der Waals surface area contributed by atoms with E-state index in [1.54, 1.807) is 30.3 Å². The Morgan fingerprint density at radius 1 is 1.00 bits per heavy atom. The third kappa shape index (κ3) is 4.29. The smallest absolute Gasteiger partial charge is 0.337 e. The number of ether oxygens (including phenoxy) is 1. The van der Waals surface area contributed by atoms with Crippen molar-refractivity contribution < 1.29 is 9.53 Å². The van der Waals surface area contributed by atoms with Crippen LogP contribution < -0.4 is 10.6 Å². The van der Waals surface area contributed by atoms with E-state index in [4.69, 9.17) is 11.6 Å². The fraction of sp³-hybridized carbons (Fsp3) is 0.105. The first-order valence-electron chi connectivity index (χ1n) is 7.86. The van der Waals surface area contributed by atoms with E-state index in [2.05, 4.69) is 25.3 Å². The Balaban J connectivity index is 1.74. The third-order valence-corrected chi connectivity index (χ3v) is 3.93. The van der Waals surface area contributed by atoms with Gasteiger partial charge in [0.25, 0.3) is 0 Å². The van der Waals surface area contributed by atoms with E-state index in [1.165, 1.54) is 13.4 Å². The van der Waals surface area contributed by atoms with Crippen LogP contribution in [0.4, 0.5) is 23.0 Å². The molecular formula is C19H17ClN4O2. The summed E-state index contributed by atoms with van der Waals surface area (Å²) in [5, 5.41) is 7.11. The number of nitrogens with zero attached hydrogens (tertiary/aromatic N) is 2. The SMILES string of the molecule is COC(=O)c1ccc(Nc2cc(Nc3ccc(Cl)cc3C)ncn2)cc1. The van der Waals surface area contributed by atoms with Crippen LogP contribution in [-0.4, -0.2) is 23.0 Å². The Bertz CT molecular complexity index is 929. The highest BCUT2D eigenvalue weighted by Crippen LogP contribution is 2.24. The number of esters is 1. The molecule has 0 unspecified atom stereocenters. The zero-order valence-corrected chi connectivity index (χ0v) is 15.0. The first-order valence-corrected chi connectivity index (χ1v) is 8.23. The summed E-state index contributed by atoms with van der Waals surface area (Å²) in [6.45, 7) is 1.97. The molecule has 132 valence electrons. The molecule has 0 saturated heterocycles. The van der Waals surface area contributed by atoms with Crippen LogP contribution in [0.2, 0.25) is 5.02 Å². The summed E-state index contributed by atoms with van der Waals surface area (Å²) in [5.74, 6) is 0.905. The number of methoxy groups -OCH3 is 1. The van der Waals surface area contributed by atoms with Gasteiger partial charge < -0.3 is 15.4 Å². The maximum absolute atomic E-state index is 11.5. The molecular weight excluding hydrogens is 352 g/mol. The van der Waals surface area contributed by atoms with Crippen molar-refractivity contribution in [3.8, 4) is 0 Å². The number of hydrogen-bond acceptors (Lipinski definition) is 6. The first kappa shape index (κ1) is 17.7. The van der Waals surface area contributed by atoms with Gasteiger partial charge in [0.05, 0.1) is 12.7 Å². The fourth-order valence-electron chi connectivity index (χ4n) is 2.35. The van der Waals surface area contributed by atoms with E-state index in [1.807, 2.05) is 25.1 Å². The van der Waals surface area contributed by atoms with E-state index >= 15 is 0 Å². The van der Waals surface area contributed by atoms with Crippen molar-refractivity contribution in [3.05, 3.63) is 71.0 Å². The maximum atomic E-state index is 11.5. The van der Waals surface area contributed by atoms with E-state index in [0.717, 1.165) is 16.9 Å². The second-order valence-electron chi connectivity index (χ2n) is 5.57. The van der Waals surface area contributed by atoms with Gasteiger partial charge in [-0.3, -0.25) is 0 Å². The minimum absolute atomic E-state index is 0.372. The van der Waals surface area contributed by atoms with Crippen LogP contribution in [0, 0.1) is 6.92 Å². The molecule has 0 aliphatic carbocycles. The Morgan fingerprint density at radius 3 is 2.35 bits per heavy atom. The molecule has 26 heavy (non-hydrogen) atoms. The van der Waals surface area contributed by atoms with Crippen LogP contribution in [0.1, 0.15) is 15.9 Å². The van der Waals surface area contributed by atoms with E-state index < -0.39 is 0 Å². The third-order valence-electron chi connectivity index (χ3n) is 3.70. The molecule has 6 nitrogen and oxygen atoms in total. The number of rotatable bonds is 5. The largest absolute Gasteiger partial charge is 0.465 e. The van der Waals surface area contributed by atoms with Gasteiger partial charge in [-0.15, -0.1) is 0 Å². The van der Waals surface area contributed by atoms with Crippen molar-refractivity contribution >= 4 is 40.6 Å². The first-order chi connectivity index (χ1) is 12.5. The lowest BCUT2D eigenvalue weighted by molar-refractivity contribution is 0.0601. The molecule has 0 spiro atoms. The highest BCUT2D eigenvalue weighted by Gasteiger charge is 2.06. The van der Waals surface area contributed by atoms with Gasteiger partial charge in [-0.2, -0.15) is 0 Å². The highest BCUT2D eigenvalue weighted by atomic mass is 35.5. The van der Waals surface area contributed by atoms with Crippen molar-refractivity contribution in [2.24, 2.45) is 0 Å². The van der Waals surface area contributed by atoms with Gasteiger partial charge >= 0.3 is 5.97 Å². The highest BCUT2D eigenvalue weighted by molar-refractivity contribution is 6.30. The Hall–Kier alpha value is -3.12. The zero-order chi connectivity index (χ0) is 18.5. The molecule has 0 fully saturated rings. The summed E-state index contributed by atoms with van der Waals surface area (Å²) < 4.78 is 4.69. The Kier molecular flexibility index (Phi) is 5.34. The number of carbonyl (C=O) groups is 1.